The van der Waals surface area contributed by atoms with Crippen LogP contribution in [0.3, 0.4) is 0 Å². The Kier molecular flexibility index (Phi) is 4.20. The van der Waals surface area contributed by atoms with Gasteiger partial charge in [0.2, 0.25) is 5.91 Å². The summed E-state index contributed by atoms with van der Waals surface area (Å²) in [6.45, 7) is 0. The SMILES string of the molecule is Cn1cc(-c2cnc3[nH]cc(C(=O)c4c(F)ccc(C(N)=O)c4Cl)c3c2)cn1. The van der Waals surface area contributed by atoms with E-state index in [1.54, 1.807) is 30.2 Å². The van der Waals surface area contributed by atoms with Crippen molar-refractivity contribution >= 4 is 34.3 Å². The fourth-order valence-corrected chi connectivity index (χ4v) is 3.34. The molecule has 1 aromatic carbocycles. The van der Waals surface area contributed by atoms with Crippen molar-refractivity contribution in [2.75, 3.05) is 0 Å². The molecule has 4 aromatic rings. The first-order valence-corrected chi connectivity index (χ1v) is 8.53. The summed E-state index contributed by atoms with van der Waals surface area (Å²) >= 11 is 6.10. The maximum Gasteiger partial charge on any atom is 0.250 e. The lowest BCUT2D eigenvalue weighted by atomic mass is 9.99. The summed E-state index contributed by atoms with van der Waals surface area (Å²) in [6, 6.07) is 3.90. The molecule has 0 bridgehead atoms. The van der Waals surface area contributed by atoms with Crippen molar-refractivity contribution in [3.8, 4) is 11.1 Å². The van der Waals surface area contributed by atoms with Crippen LogP contribution in [0.4, 0.5) is 4.39 Å². The topological polar surface area (TPSA) is 107 Å². The van der Waals surface area contributed by atoms with Gasteiger partial charge in [-0.2, -0.15) is 5.10 Å². The van der Waals surface area contributed by atoms with Gasteiger partial charge in [-0.15, -0.1) is 0 Å². The van der Waals surface area contributed by atoms with Crippen LogP contribution in [-0.4, -0.2) is 31.4 Å². The smallest absolute Gasteiger partial charge is 0.250 e. The second-order valence-corrected chi connectivity index (χ2v) is 6.58. The number of carbonyl (C=O) groups is 2. The number of nitrogens with one attached hydrogen (secondary N) is 1. The summed E-state index contributed by atoms with van der Waals surface area (Å²) in [5, 5.41) is 4.29. The molecule has 0 saturated carbocycles. The average Bonchev–Trinajstić information content (AvgIpc) is 3.26. The molecule has 140 valence electrons. The van der Waals surface area contributed by atoms with E-state index in [9.17, 15) is 14.0 Å². The standard InChI is InChI=1S/C19H13ClFN5O2/c1-26-8-10(6-25-26)9-4-12-13(7-24-19(12)23-5-9)17(27)15-14(21)3-2-11(16(15)20)18(22)28/h2-8H,1H3,(H2,22,28)(H,23,24). The molecule has 0 fully saturated rings. The number of hydrogen-bond donors (Lipinski definition) is 2. The predicted molar refractivity (Wildman–Crippen MR) is 102 cm³/mol. The van der Waals surface area contributed by atoms with E-state index in [1.165, 1.54) is 6.20 Å². The van der Waals surface area contributed by atoms with Gasteiger partial charge in [-0.3, -0.25) is 14.3 Å². The highest BCUT2D eigenvalue weighted by atomic mass is 35.5. The normalized spacial score (nSPS) is 11.1. The van der Waals surface area contributed by atoms with Crippen molar-refractivity contribution < 1.29 is 14.0 Å². The van der Waals surface area contributed by atoms with Crippen molar-refractivity contribution in [3.63, 3.8) is 0 Å². The number of amides is 1. The molecule has 7 nitrogen and oxygen atoms in total. The number of carbonyl (C=O) groups excluding carboxylic acids is 2. The Morgan fingerprint density at radius 2 is 2.00 bits per heavy atom. The number of pyridine rings is 1. The molecule has 3 N–H and O–H groups in total. The number of hydrogen-bond acceptors (Lipinski definition) is 4. The minimum Gasteiger partial charge on any atom is -0.366 e. The number of primary amides is 1. The molecule has 0 aliphatic rings. The van der Waals surface area contributed by atoms with Crippen LogP contribution in [-0.2, 0) is 7.05 Å². The van der Waals surface area contributed by atoms with Crippen LogP contribution in [0.5, 0.6) is 0 Å². The van der Waals surface area contributed by atoms with Gasteiger partial charge in [0, 0.05) is 47.7 Å². The van der Waals surface area contributed by atoms with Crippen molar-refractivity contribution in [2.45, 2.75) is 0 Å². The zero-order chi connectivity index (χ0) is 20.0. The van der Waals surface area contributed by atoms with Gasteiger partial charge < -0.3 is 10.7 Å². The Morgan fingerprint density at radius 3 is 2.68 bits per heavy atom. The van der Waals surface area contributed by atoms with Gasteiger partial charge in [-0.25, -0.2) is 9.37 Å². The van der Waals surface area contributed by atoms with E-state index in [2.05, 4.69) is 15.1 Å². The summed E-state index contributed by atoms with van der Waals surface area (Å²) in [6.07, 6.45) is 6.55. The summed E-state index contributed by atoms with van der Waals surface area (Å²) in [4.78, 5) is 31.7. The van der Waals surface area contributed by atoms with Crippen molar-refractivity contribution in [1.29, 1.82) is 0 Å². The monoisotopic (exact) mass is 397 g/mol. The largest absolute Gasteiger partial charge is 0.366 e. The van der Waals surface area contributed by atoms with E-state index in [0.717, 1.165) is 23.3 Å². The van der Waals surface area contributed by atoms with Gasteiger partial charge in [0.25, 0.3) is 0 Å². The van der Waals surface area contributed by atoms with Crippen LogP contribution in [0, 0.1) is 5.82 Å². The lowest BCUT2D eigenvalue weighted by Gasteiger charge is -2.08. The molecule has 0 aliphatic heterocycles. The first kappa shape index (κ1) is 17.9. The van der Waals surface area contributed by atoms with Crippen LogP contribution in [0.2, 0.25) is 5.02 Å². The molecule has 0 aliphatic carbocycles. The lowest BCUT2D eigenvalue weighted by Crippen LogP contribution is -2.15. The minimum absolute atomic E-state index is 0.125. The van der Waals surface area contributed by atoms with Gasteiger partial charge in [-0.05, 0) is 18.2 Å². The maximum absolute atomic E-state index is 14.4. The number of halogens is 2. The number of ketones is 1. The molecule has 0 unspecified atom stereocenters. The van der Waals surface area contributed by atoms with Gasteiger partial charge in [-0.1, -0.05) is 11.6 Å². The summed E-state index contributed by atoms with van der Waals surface area (Å²) in [5.41, 5.74) is 6.90. The van der Waals surface area contributed by atoms with E-state index in [0.29, 0.717) is 11.0 Å². The van der Waals surface area contributed by atoms with Crippen LogP contribution in [0.15, 0.2) is 43.0 Å². The highest BCUT2D eigenvalue weighted by molar-refractivity contribution is 6.38. The van der Waals surface area contributed by atoms with Crippen LogP contribution < -0.4 is 5.73 Å². The lowest BCUT2D eigenvalue weighted by molar-refractivity contribution is 0.100. The molecule has 0 atom stereocenters. The highest BCUT2D eigenvalue weighted by Crippen LogP contribution is 2.30. The van der Waals surface area contributed by atoms with Gasteiger partial charge >= 0.3 is 0 Å². The second-order valence-electron chi connectivity index (χ2n) is 6.20. The first-order valence-electron chi connectivity index (χ1n) is 8.15. The van der Waals surface area contributed by atoms with Crippen LogP contribution >= 0.6 is 11.6 Å². The summed E-state index contributed by atoms with van der Waals surface area (Å²) < 4.78 is 16.0. The number of aromatic nitrogens is 4. The van der Waals surface area contributed by atoms with Crippen molar-refractivity contribution in [2.24, 2.45) is 12.8 Å². The van der Waals surface area contributed by atoms with Crippen LogP contribution in [0.1, 0.15) is 26.3 Å². The predicted octanol–water partition coefficient (Wildman–Crippen LogP) is 3.09. The number of nitrogens with zero attached hydrogens (tertiary/aromatic N) is 3. The van der Waals surface area contributed by atoms with Gasteiger partial charge in [0.1, 0.15) is 11.5 Å². The average molecular weight is 398 g/mol. The summed E-state index contributed by atoms with van der Waals surface area (Å²) in [5.74, 6) is -2.37. The van der Waals surface area contributed by atoms with E-state index < -0.39 is 23.1 Å². The minimum atomic E-state index is -0.849. The number of H-pyrrole nitrogens is 1. The molecule has 4 rings (SSSR count). The Bertz CT molecular complexity index is 1260. The van der Waals surface area contributed by atoms with Crippen LogP contribution in [0.25, 0.3) is 22.2 Å². The zero-order valence-electron chi connectivity index (χ0n) is 14.5. The Hall–Kier alpha value is -3.52. The van der Waals surface area contributed by atoms with Gasteiger partial charge in [0.05, 0.1) is 22.3 Å². The number of aryl methyl sites for hydroxylation is 1. The third-order valence-electron chi connectivity index (χ3n) is 4.40. The van der Waals surface area contributed by atoms with E-state index >= 15 is 0 Å². The molecule has 0 saturated heterocycles. The fourth-order valence-electron chi connectivity index (χ4n) is 3.01. The molecular weight excluding hydrogens is 385 g/mol. The number of rotatable bonds is 4. The Labute approximate surface area is 162 Å². The number of aromatic amines is 1. The van der Waals surface area contributed by atoms with E-state index in [-0.39, 0.29) is 16.1 Å². The molecule has 9 heteroatoms. The number of fused-ring (bicyclic) bond motifs is 1. The first-order chi connectivity index (χ1) is 13.4. The Balaban J connectivity index is 1.87. The Morgan fingerprint density at radius 1 is 1.21 bits per heavy atom. The molecule has 3 aromatic heterocycles. The number of benzene rings is 1. The van der Waals surface area contributed by atoms with Crippen molar-refractivity contribution in [1.82, 2.24) is 19.7 Å². The van der Waals surface area contributed by atoms with Gasteiger partial charge in [0.15, 0.2) is 5.78 Å². The zero-order valence-corrected chi connectivity index (χ0v) is 15.3. The van der Waals surface area contributed by atoms with E-state index in [4.69, 9.17) is 17.3 Å². The highest BCUT2D eigenvalue weighted by Gasteiger charge is 2.24. The fraction of sp³-hybridized carbons (Fsp3) is 0.0526. The molecule has 3 heterocycles. The number of nitrogens with two attached hydrogens (primary N) is 1. The second kappa shape index (κ2) is 6.58. The molecule has 1 amide bonds. The maximum atomic E-state index is 14.4. The third kappa shape index (κ3) is 2.84. The van der Waals surface area contributed by atoms with Crippen molar-refractivity contribution in [3.05, 3.63) is 70.5 Å². The molecular formula is C19H13ClFN5O2. The molecule has 28 heavy (non-hydrogen) atoms. The molecule has 0 radical (unpaired) electrons. The third-order valence-corrected chi connectivity index (χ3v) is 4.79. The van der Waals surface area contributed by atoms with E-state index in [1.807, 2.05) is 6.20 Å². The molecule has 0 spiro atoms. The summed E-state index contributed by atoms with van der Waals surface area (Å²) in [7, 11) is 1.79. The quantitative estimate of drug-likeness (QED) is 0.516.